The van der Waals surface area contributed by atoms with E-state index in [1.165, 1.54) is 6.42 Å². The highest BCUT2D eigenvalue weighted by molar-refractivity contribution is 5.79. The maximum absolute atomic E-state index is 5.51. The molecule has 0 aliphatic carbocycles. The Balaban J connectivity index is 1.30. The zero-order valence-corrected chi connectivity index (χ0v) is 16.5. The third kappa shape index (κ3) is 4.51. The van der Waals surface area contributed by atoms with E-state index in [0.29, 0.717) is 12.5 Å². The highest BCUT2D eigenvalue weighted by Crippen LogP contribution is 2.15. The van der Waals surface area contributed by atoms with Gasteiger partial charge in [-0.2, -0.15) is 0 Å². The van der Waals surface area contributed by atoms with Crippen molar-refractivity contribution in [2.75, 3.05) is 53.0 Å². The summed E-state index contributed by atoms with van der Waals surface area (Å²) in [5.41, 5.74) is 1.06. The summed E-state index contributed by atoms with van der Waals surface area (Å²) in [5.74, 6) is 2.49. The van der Waals surface area contributed by atoms with Crippen molar-refractivity contribution in [1.29, 1.82) is 0 Å². The first-order valence-electron chi connectivity index (χ1n) is 10.0. The molecule has 2 aliphatic heterocycles. The number of hydrogen-bond donors (Lipinski definition) is 1. The summed E-state index contributed by atoms with van der Waals surface area (Å²) in [6.45, 7) is 7.69. The number of nitrogens with zero attached hydrogens (tertiary/aromatic N) is 6. The van der Waals surface area contributed by atoms with Gasteiger partial charge in [-0.05, 0) is 24.5 Å². The first kappa shape index (κ1) is 18.9. The van der Waals surface area contributed by atoms with E-state index in [0.717, 1.165) is 63.4 Å². The van der Waals surface area contributed by atoms with Crippen LogP contribution in [0.25, 0.3) is 5.69 Å². The lowest BCUT2D eigenvalue weighted by Gasteiger charge is -2.37. The van der Waals surface area contributed by atoms with Crippen LogP contribution >= 0.6 is 0 Å². The van der Waals surface area contributed by atoms with E-state index in [2.05, 4.69) is 42.4 Å². The van der Waals surface area contributed by atoms with Gasteiger partial charge in [0.05, 0.1) is 13.2 Å². The molecule has 0 spiro atoms. The van der Waals surface area contributed by atoms with Crippen LogP contribution < -0.4 is 5.32 Å². The van der Waals surface area contributed by atoms with Crippen LogP contribution in [0.3, 0.4) is 0 Å². The van der Waals surface area contributed by atoms with Crippen molar-refractivity contribution in [2.45, 2.75) is 13.0 Å². The second-order valence-corrected chi connectivity index (χ2v) is 7.37. The summed E-state index contributed by atoms with van der Waals surface area (Å²) in [4.78, 5) is 9.35. The minimum absolute atomic E-state index is 0.585. The molecule has 0 bridgehead atoms. The molecule has 28 heavy (non-hydrogen) atoms. The average Bonchev–Trinajstić information content (AvgIpc) is 3.42. The largest absolute Gasteiger partial charge is 0.381 e. The number of benzene rings is 1. The van der Waals surface area contributed by atoms with Gasteiger partial charge < -0.3 is 15.0 Å². The smallest absolute Gasteiger partial charge is 0.194 e. The molecule has 1 atom stereocenters. The molecule has 0 radical (unpaired) electrons. The molecule has 4 rings (SSSR count). The Kier molecular flexibility index (Phi) is 6.18. The van der Waals surface area contributed by atoms with E-state index in [9.17, 15) is 0 Å². The highest BCUT2D eigenvalue weighted by atomic mass is 16.5. The molecule has 0 saturated carbocycles. The second-order valence-electron chi connectivity index (χ2n) is 7.37. The number of piperazine rings is 1. The lowest BCUT2D eigenvalue weighted by Crippen LogP contribution is -2.53. The van der Waals surface area contributed by atoms with Crippen molar-refractivity contribution in [3.63, 3.8) is 0 Å². The molecule has 8 heteroatoms. The minimum atomic E-state index is 0.585. The van der Waals surface area contributed by atoms with Gasteiger partial charge >= 0.3 is 0 Å². The zero-order chi connectivity index (χ0) is 19.2. The lowest BCUT2D eigenvalue weighted by molar-refractivity contribution is 0.139. The number of nitrogens with one attached hydrogen (secondary N) is 1. The summed E-state index contributed by atoms with van der Waals surface area (Å²) in [6, 6.07) is 10.1. The summed E-state index contributed by atoms with van der Waals surface area (Å²) in [7, 11) is 1.84. The van der Waals surface area contributed by atoms with Gasteiger partial charge in [0.15, 0.2) is 11.8 Å². The first-order chi connectivity index (χ1) is 13.8. The van der Waals surface area contributed by atoms with Crippen LogP contribution in [0, 0.1) is 5.92 Å². The second kappa shape index (κ2) is 9.16. The molecule has 1 aromatic carbocycles. The van der Waals surface area contributed by atoms with E-state index in [4.69, 9.17) is 4.74 Å². The fourth-order valence-electron chi connectivity index (χ4n) is 3.91. The van der Waals surface area contributed by atoms with Gasteiger partial charge in [0.25, 0.3) is 0 Å². The van der Waals surface area contributed by atoms with Crippen molar-refractivity contribution < 1.29 is 4.74 Å². The lowest BCUT2D eigenvalue weighted by atomic mass is 10.1. The quantitative estimate of drug-likeness (QED) is 0.614. The number of ether oxygens (including phenoxy) is 1. The topological polar surface area (TPSA) is 70.8 Å². The standard InChI is InChI=1S/C20H29N7O/c1-21-20(26-10-8-25(9-11-26)14-17-7-12-28-15-17)22-13-19-24-23-16-27(19)18-5-3-2-4-6-18/h2-6,16-17H,7-15H2,1H3,(H,21,22). The number of aromatic nitrogens is 3. The molecule has 2 fully saturated rings. The van der Waals surface area contributed by atoms with E-state index < -0.39 is 0 Å². The fourth-order valence-corrected chi connectivity index (χ4v) is 3.91. The molecule has 2 aliphatic rings. The number of para-hydroxylation sites is 1. The molecule has 0 amide bonds. The number of aliphatic imine (C=N–C) groups is 1. The molecule has 3 heterocycles. The van der Waals surface area contributed by atoms with E-state index >= 15 is 0 Å². The minimum Gasteiger partial charge on any atom is -0.381 e. The van der Waals surface area contributed by atoms with Crippen LogP contribution in [-0.4, -0.2) is 83.5 Å². The molecule has 8 nitrogen and oxygen atoms in total. The molecule has 2 saturated heterocycles. The molecule has 1 unspecified atom stereocenters. The average molecular weight is 384 g/mol. The fraction of sp³-hybridized carbons (Fsp3) is 0.550. The van der Waals surface area contributed by atoms with Gasteiger partial charge in [-0.25, -0.2) is 0 Å². The van der Waals surface area contributed by atoms with Crippen molar-refractivity contribution >= 4 is 5.96 Å². The van der Waals surface area contributed by atoms with Gasteiger partial charge in [0.2, 0.25) is 0 Å². The van der Waals surface area contributed by atoms with Crippen LogP contribution in [0.4, 0.5) is 0 Å². The molecule has 1 N–H and O–H groups in total. The molecule has 2 aromatic rings. The molecular weight excluding hydrogens is 354 g/mol. The SMILES string of the molecule is CN=C(NCc1nncn1-c1ccccc1)N1CCN(CC2CCOC2)CC1. The number of guanidine groups is 1. The van der Waals surface area contributed by atoms with Crippen LogP contribution in [0.15, 0.2) is 41.7 Å². The van der Waals surface area contributed by atoms with Gasteiger partial charge in [0.1, 0.15) is 6.33 Å². The van der Waals surface area contributed by atoms with Gasteiger partial charge in [-0.1, -0.05) is 18.2 Å². The van der Waals surface area contributed by atoms with Gasteiger partial charge in [-0.3, -0.25) is 14.5 Å². The summed E-state index contributed by atoms with van der Waals surface area (Å²) < 4.78 is 7.51. The maximum Gasteiger partial charge on any atom is 0.194 e. The first-order valence-corrected chi connectivity index (χ1v) is 10.0. The van der Waals surface area contributed by atoms with Gasteiger partial charge in [0, 0.05) is 52.1 Å². The summed E-state index contributed by atoms with van der Waals surface area (Å²) in [5, 5.41) is 11.8. The zero-order valence-electron chi connectivity index (χ0n) is 16.5. The molecular formula is C20H29N7O. The molecule has 1 aromatic heterocycles. The Morgan fingerprint density at radius 3 is 2.75 bits per heavy atom. The van der Waals surface area contributed by atoms with Gasteiger partial charge in [-0.15, -0.1) is 10.2 Å². The van der Waals surface area contributed by atoms with Crippen molar-refractivity contribution in [2.24, 2.45) is 10.9 Å². The number of hydrogen-bond acceptors (Lipinski definition) is 5. The normalized spacial score (nSPS) is 21.2. The summed E-state index contributed by atoms with van der Waals surface area (Å²) >= 11 is 0. The van der Waals surface area contributed by atoms with Crippen molar-refractivity contribution in [3.8, 4) is 5.69 Å². The van der Waals surface area contributed by atoms with Crippen LogP contribution in [0.5, 0.6) is 0 Å². The van der Waals surface area contributed by atoms with Crippen LogP contribution in [-0.2, 0) is 11.3 Å². The Morgan fingerprint density at radius 2 is 2.04 bits per heavy atom. The highest BCUT2D eigenvalue weighted by Gasteiger charge is 2.24. The van der Waals surface area contributed by atoms with Crippen LogP contribution in [0.2, 0.25) is 0 Å². The van der Waals surface area contributed by atoms with E-state index in [1.54, 1.807) is 6.33 Å². The van der Waals surface area contributed by atoms with E-state index in [1.807, 2.05) is 29.8 Å². The third-order valence-corrected chi connectivity index (χ3v) is 5.48. The Morgan fingerprint density at radius 1 is 1.21 bits per heavy atom. The maximum atomic E-state index is 5.51. The van der Waals surface area contributed by atoms with Crippen LogP contribution in [0.1, 0.15) is 12.2 Å². The predicted octanol–water partition coefficient (Wildman–Crippen LogP) is 0.997. The monoisotopic (exact) mass is 383 g/mol. The predicted molar refractivity (Wildman–Crippen MR) is 108 cm³/mol. The van der Waals surface area contributed by atoms with E-state index in [-0.39, 0.29) is 0 Å². The summed E-state index contributed by atoms with van der Waals surface area (Å²) in [6.07, 6.45) is 2.95. The van der Waals surface area contributed by atoms with Crippen molar-refractivity contribution in [1.82, 2.24) is 29.9 Å². The van der Waals surface area contributed by atoms with Crippen molar-refractivity contribution in [3.05, 3.63) is 42.5 Å². The molecule has 150 valence electrons. The number of rotatable bonds is 5. The Bertz CT molecular complexity index is 762. The third-order valence-electron chi connectivity index (χ3n) is 5.48. The Hall–Kier alpha value is -2.45. The Labute approximate surface area is 166 Å².